The van der Waals surface area contributed by atoms with E-state index in [0.29, 0.717) is 24.1 Å². The maximum absolute atomic E-state index is 12.1. The molecule has 1 aliphatic rings. The molecule has 2 aromatic heterocycles. The second-order valence-corrected chi connectivity index (χ2v) is 6.67. The Balaban J connectivity index is 1.32. The van der Waals surface area contributed by atoms with Crippen LogP contribution >= 0.6 is 0 Å². The van der Waals surface area contributed by atoms with Crippen molar-refractivity contribution in [3.63, 3.8) is 0 Å². The first-order chi connectivity index (χ1) is 12.7. The maximum atomic E-state index is 12.1. The normalized spacial score (nSPS) is 19.0. The van der Waals surface area contributed by atoms with Gasteiger partial charge < -0.3 is 9.73 Å². The van der Waals surface area contributed by atoms with Gasteiger partial charge in [-0.2, -0.15) is 5.10 Å². The molecule has 0 unspecified atom stereocenters. The quantitative estimate of drug-likeness (QED) is 0.690. The van der Waals surface area contributed by atoms with Crippen LogP contribution in [0.1, 0.15) is 36.3 Å². The molecule has 26 heavy (non-hydrogen) atoms. The van der Waals surface area contributed by atoms with Gasteiger partial charge in [0.15, 0.2) is 0 Å². The first-order valence-corrected chi connectivity index (χ1v) is 8.67. The molecule has 1 aliphatic carbocycles. The minimum atomic E-state index is -0.188. The van der Waals surface area contributed by atoms with Gasteiger partial charge in [0, 0.05) is 17.7 Å². The summed E-state index contributed by atoms with van der Waals surface area (Å²) in [6, 6.07) is 11.6. The van der Waals surface area contributed by atoms with Crippen molar-refractivity contribution in [2.24, 2.45) is 5.92 Å². The van der Waals surface area contributed by atoms with Crippen molar-refractivity contribution < 1.29 is 9.21 Å². The minimum absolute atomic E-state index is 0.188. The number of carbonyl (C=O) groups excluding carboxylic acids is 1. The molecule has 132 valence electrons. The predicted molar refractivity (Wildman–Crippen MR) is 98.5 cm³/mol. The summed E-state index contributed by atoms with van der Waals surface area (Å²) in [4.78, 5) is 16.0. The molecule has 2 heterocycles. The number of amides is 1. The number of anilines is 1. The van der Waals surface area contributed by atoms with Gasteiger partial charge in [0.25, 0.3) is 0 Å². The Morgan fingerprint density at radius 3 is 2.81 bits per heavy atom. The number of nitrogens with zero attached hydrogens (tertiary/aromatic N) is 3. The van der Waals surface area contributed by atoms with E-state index < -0.39 is 0 Å². The molecule has 0 saturated heterocycles. The van der Waals surface area contributed by atoms with Crippen molar-refractivity contribution in [3.05, 3.63) is 72.2 Å². The third-order valence-corrected chi connectivity index (χ3v) is 4.55. The van der Waals surface area contributed by atoms with Gasteiger partial charge in [-0.15, -0.1) is 0 Å². The molecule has 1 amide bonds. The second kappa shape index (κ2) is 7.00. The molecule has 2 atom stereocenters. The summed E-state index contributed by atoms with van der Waals surface area (Å²) in [6.07, 6.45) is 7.55. The highest BCUT2D eigenvalue weighted by Crippen LogP contribution is 2.47. The number of rotatable bonds is 6. The van der Waals surface area contributed by atoms with Crippen molar-refractivity contribution in [2.75, 3.05) is 5.32 Å². The van der Waals surface area contributed by atoms with Crippen molar-refractivity contribution >= 4 is 17.7 Å². The molecule has 0 bridgehead atoms. The fraction of sp³-hybridized carbons (Fsp3) is 0.250. The van der Waals surface area contributed by atoms with Crippen LogP contribution in [0.5, 0.6) is 0 Å². The second-order valence-electron chi connectivity index (χ2n) is 6.67. The Hall–Kier alpha value is -3.15. The number of nitrogens with one attached hydrogen (secondary N) is 1. The van der Waals surface area contributed by atoms with Crippen LogP contribution in [0.25, 0.3) is 6.08 Å². The molecule has 1 fully saturated rings. The molecule has 4 rings (SSSR count). The summed E-state index contributed by atoms with van der Waals surface area (Å²) in [5.41, 5.74) is 1.83. The smallest absolute Gasteiger partial charge is 0.248 e. The van der Waals surface area contributed by atoms with Crippen LogP contribution in [0.4, 0.5) is 5.69 Å². The SMILES string of the molecule is C[C@@H]1C[C@H]1c1ccc(/C=C/C(=O)Nc2ccc(Cn3cncn3)cc2)o1. The van der Waals surface area contributed by atoms with Crippen LogP contribution in [0.15, 0.2) is 59.5 Å². The highest BCUT2D eigenvalue weighted by molar-refractivity contribution is 6.01. The zero-order valence-electron chi connectivity index (χ0n) is 14.5. The molecule has 0 spiro atoms. The zero-order valence-corrected chi connectivity index (χ0v) is 14.5. The monoisotopic (exact) mass is 348 g/mol. The highest BCUT2D eigenvalue weighted by atomic mass is 16.3. The third-order valence-electron chi connectivity index (χ3n) is 4.55. The molecule has 0 aliphatic heterocycles. The van der Waals surface area contributed by atoms with E-state index in [4.69, 9.17) is 4.42 Å². The number of aromatic nitrogens is 3. The van der Waals surface area contributed by atoms with E-state index in [1.54, 1.807) is 17.1 Å². The fourth-order valence-corrected chi connectivity index (χ4v) is 2.91. The molecule has 6 nitrogen and oxygen atoms in total. The van der Waals surface area contributed by atoms with Crippen molar-refractivity contribution in [2.45, 2.75) is 25.8 Å². The Labute approximate surface area is 151 Å². The van der Waals surface area contributed by atoms with Gasteiger partial charge in [-0.05, 0) is 48.2 Å². The first-order valence-electron chi connectivity index (χ1n) is 8.67. The van der Waals surface area contributed by atoms with Crippen LogP contribution in [0.3, 0.4) is 0 Å². The Bertz CT molecular complexity index is 910. The summed E-state index contributed by atoms with van der Waals surface area (Å²) in [6.45, 7) is 2.86. The number of furan rings is 1. The summed E-state index contributed by atoms with van der Waals surface area (Å²) in [7, 11) is 0. The van der Waals surface area contributed by atoms with E-state index in [2.05, 4.69) is 22.3 Å². The predicted octanol–water partition coefficient (Wildman–Crippen LogP) is 3.69. The minimum Gasteiger partial charge on any atom is -0.461 e. The molecule has 1 aromatic carbocycles. The topological polar surface area (TPSA) is 73.0 Å². The average Bonchev–Trinajstić information content (AvgIpc) is 3.06. The van der Waals surface area contributed by atoms with E-state index in [1.165, 1.54) is 18.8 Å². The highest BCUT2D eigenvalue weighted by Gasteiger charge is 2.36. The van der Waals surface area contributed by atoms with E-state index in [0.717, 1.165) is 17.0 Å². The number of hydrogen-bond donors (Lipinski definition) is 1. The standard InChI is InChI=1S/C20H20N4O2/c1-14-10-18(14)19-8-6-17(26-19)7-9-20(25)23-16-4-2-15(3-5-16)11-24-13-21-12-22-24/h2-9,12-14,18H,10-11H2,1H3,(H,23,25)/b9-7+/t14-,18-/m1/s1. The largest absolute Gasteiger partial charge is 0.461 e. The van der Waals surface area contributed by atoms with Gasteiger partial charge in [-0.3, -0.25) is 4.79 Å². The Kier molecular flexibility index (Phi) is 4.39. The van der Waals surface area contributed by atoms with E-state index in [9.17, 15) is 4.79 Å². The molecule has 3 aromatic rings. The Morgan fingerprint density at radius 2 is 2.12 bits per heavy atom. The van der Waals surface area contributed by atoms with Gasteiger partial charge >= 0.3 is 0 Å². The molecular formula is C20H20N4O2. The van der Waals surface area contributed by atoms with Gasteiger partial charge in [-0.1, -0.05) is 19.1 Å². The molecule has 6 heteroatoms. The van der Waals surface area contributed by atoms with Crippen LogP contribution < -0.4 is 5.32 Å². The van der Waals surface area contributed by atoms with Gasteiger partial charge in [-0.25, -0.2) is 9.67 Å². The van der Waals surface area contributed by atoms with Crippen LogP contribution in [-0.2, 0) is 11.3 Å². The maximum Gasteiger partial charge on any atom is 0.248 e. The lowest BCUT2D eigenvalue weighted by atomic mass is 10.2. The molecule has 1 N–H and O–H groups in total. The van der Waals surface area contributed by atoms with Crippen LogP contribution in [0, 0.1) is 5.92 Å². The van der Waals surface area contributed by atoms with E-state index in [-0.39, 0.29) is 5.91 Å². The average molecular weight is 348 g/mol. The van der Waals surface area contributed by atoms with E-state index >= 15 is 0 Å². The van der Waals surface area contributed by atoms with Crippen molar-refractivity contribution in [1.29, 1.82) is 0 Å². The van der Waals surface area contributed by atoms with Crippen LogP contribution in [0.2, 0.25) is 0 Å². The molecule has 1 saturated carbocycles. The number of benzene rings is 1. The van der Waals surface area contributed by atoms with Crippen molar-refractivity contribution in [1.82, 2.24) is 14.8 Å². The lowest BCUT2D eigenvalue weighted by Gasteiger charge is -2.04. The zero-order chi connectivity index (χ0) is 17.9. The summed E-state index contributed by atoms with van der Waals surface area (Å²) >= 11 is 0. The number of hydrogen-bond acceptors (Lipinski definition) is 4. The van der Waals surface area contributed by atoms with Crippen LogP contribution in [-0.4, -0.2) is 20.7 Å². The Morgan fingerprint density at radius 1 is 1.31 bits per heavy atom. The lowest BCUT2D eigenvalue weighted by molar-refractivity contribution is -0.111. The van der Waals surface area contributed by atoms with Crippen molar-refractivity contribution in [3.8, 4) is 0 Å². The summed E-state index contributed by atoms with van der Waals surface area (Å²) in [5.74, 6) is 2.78. The summed E-state index contributed by atoms with van der Waals surface area (Å²) < 4.78 is 7.51. The van der Waals surface area contributed by atoms with E-state index in [1.807, 2.05) is 36.4 Å². The first kappa shape index (κ1) is 16.3. The number of carbonyl (C=O) groups is 1. The molecular weight excluding hydrogens is 328 g/mol. The molecule has 0 radical (unpaired) electrons. The summed E-state index contributed by atoms with van der Waals surface area (Å²) in [5, 5.41) is 6.92. The van der Waals surface area contributed by atoms with Gasteiger partial charge in [0.05, 0.1) is 6.54 Å². The van der Waals surface area contributed by atoms with Gasteiger partial charge in [0.1, 0.15) is 24.2 Å². The fourth-order valence-electron chi connectivity index (χ4n) is 2.91. The third kappa shape index (κ3) is 3.91. The van der Waals surface area contributed by atoms with Gasteiger partial charge in [0.2, 0.25) is 5.91 Å². The lowest BCUT2D eigenvalue weighted by Crippen LogP contribution is -2.08.